The third kappa shape index (κ3) is 11.9. The van der Waals surface area contributed by atoms with Gasteiger partial charge in [0, 0.05) is 5.41 Å². The Morgan fingerprint density at radius 2 is 1.69 bits per heavy atom. The minimum Gasteiger partial charge on any atom is -0.191 e. The number of thioether (sulfide) groups is 1. The standard InChI is InChI=1S/C13H22ClNS/c1-2-3-4-5-6-7-8-9-10-16-12-13(14)11-15/h12H,2-10H2,1H3/b13-12-. The summed E-state index contributed by atoms with van der Waals surface area (Å²) >= 11 is 7.20. The summed E-state index contributed by atoms with van der Waals surface area (Å²) in [7, 11) is 0. The van der Waals surface area contributed by atoms with E-state index in [4.69, 9.17) is 16.9 Å². The Kier molecular flexibility index (Phi) is 12.8. The van der Waals surface area contributed by atoms with Crippen LogP contribution < -0.4 is 0 Å². The summed E-state index contributed by atoms with van der Waals surface area (Å²) in [5.41, 5.74) is 0. The summed E-state index contributed by atoms with van der Waals surface area (Å²) in [6, 6.07) is 1.90. The third-order valence-corrected chi connectivity index (χ3v) is 3.66. The zero-order chi connectivity index (χ0) is 12.1. The molecule has 0 atom stereocenters. The van der Waals surface area contributed by atoms with E-state index in [-0.39, 0.29) is 0 Å². The van der Waals surface area contributed by atoms with Gasteiger partial charge in [-0.25, -0.2) is 0 Å². The summed E-state index contributed by atoms with van der Waals surface area (Å²) in [5, 5.41) is 10.4. The first-order valence-corrected chi connectivity index (χ1v) is 7.61. The smallest absolute Gasteiger partial charge is 0.124 e. The highest BCUT2D eigenvalue weighted by Crippen LogP contribution is 2.14. The fraction of sp³-hybridized carbons (Fsp3) is 0.769. The van der Waals surface area contributed by atoms with E-state index in [1.54, 1.807) is 17.2 Å². The molecule has 0 spiro atoms. The van der Waals surface area contributed by atoms with Crippen LogP contribution in [-0.2, 0) is 0 Å². The molecule has 0 unspecified atom stereocenters. The van der Waals surface area contributed by atoms with Crippen LogP contribution in [0.15, 0.2) is 10.4 Å². The van der Waals surface area contributed by atoms with Gasteiger partial charge in [0.1, 0.15) is 11.1 Å². The molecule has 0 rings (SSSR count). The quantitative estimate of drug-likeness (QED) is 0.384. The highest BCUT2D eigenvalue weighted by Gasteiger charge is 1.92. The van der Waals surface area contributed by atoms with E-state index in [1.807, 2.05) is 6.07 Å². The number of rotatable bonds is 10. The van der Waals surface area contributed by atoms with Gasteiger partial charge >= 0.3 is 0 Å². The van der Waals surface area contributed by atoms with E-state index < -0.39 is 0 Å². The van der Waals surface area contributed by atoms with Gasteiger partial charge < -0.3 is 0 Å². The van der Waals surface area contributed by atoms with Crippen molar-refractivity contribution >= 4 is 23.4 Å². The molecule has 0 fully saturated rings. The van der Waals surface area contributed by atoms with Gasteiger partial charge in [-0.2, -0.15) is 5.26 Å². The van der Waals surface area contributed by atoms with Gasteiger partial charge in [0.05, 0.1) is 0 Å². The zero-order valence-electron chi connectivity index (χ0n) is 10.2. The molecule has 0 heterocycles. The number of hydrogen-bond acceptors (Lipinski definition) is 2. The average molecular weight is 260 g/mol. The summed E-state index contributed by atoms with van der Waals surface area (Å²) in [5.74, 6) is 1.08. The largest absolute Gasteiger partial charge is 0.191 e. The van der Waals surface area contributed by atoms with E-state index in [0.29, 0.717) is 5.03 Å². The molecule has 1 nitrogen and oxygen atoms in total. The monoisotopic (exact) mass is 259 g/mol. The summed E-state index contributed by atoms with van der Waals surface area (Å²) in [6.07, 6.45) is 10.7. The molecule has 0 aliphatic heterocycles. The van der Waals surface area contributed by atoms with Crippen LogP contribution in [0.5, 0.6) is 0 Å². The molecule has 0 bridgehead atoms. The number of hydrogen-bond donors (Lipinski definition) is 0. The predicted octanol–water partition coefficient (Wildman–Crippen LogP) is 5.46. The summed E-state index contributed by atoms with van der Waals surface area (Å²) in [6.45, 7) is 2.25. The van der Waals surface area contributed by atoms with Gasteiger partial charge in [-0.1, -0.05) is 63.5 Å². The molecular weight excluding hydrogens is 238 g/mol. The second-order valence-electron chi connectivity index (χ2n) is 3.92. The average Bonchev–Trinajstić information content (AvgIpc) is 2.31. The number of halogens is 1. The van der Waals surface area contributed by atoms with Crippen LogP contribution in [0, 0.1) is 11.3 Å². The molecule has 0 saturated heterocycles. The Bertz CT molecular complexity index is 220. The predicted molar refractivity (Wildman–Crippen MR) is 74.6 cm³/mol. The zero-order valence-corrected chi connectivity index (χ0v) is 11.7. The molecule has 16 heavy (non-hydrogen) atoms. The highest BCUT2D eigenvalue weighted by atomic mass is 35.5. The number of allylic oxidation sites excluding steroid dienone is 1. The third-order valence-electron chi connectivity index (χ3n) is 2.41. The lowest BCUT2D eigenvalue weighted by Crippen LogP contribution is -1.82. The molecule has 0 N–H and O–H groups in total. The molecule has 0 aromatic heterocycles. The Labute approximate surface area is 109 Å². The van der Waals surface area contributed by atoms with E-state index in [1.165, 1.54) is 51.4 Å². The number of nitriles is 1. The van der Waals surface area contributed by atoms with Gasteiger partial charge in [-0.05, 0) is 12.2 Å². The maximum absolute atomic E-state index is 8.41. The molecule has 0 aromatic carbocycles. The molecule has 0 saturated carbocycles. The van der Waals surface area contributed by atoms with Crippen molar-refractivity contribution in [3.8, 4) is 6.07 Å². The Morgan fingerprint density at radius 3 is 2.25 bits per heavy atom. The molecule has 0 aliphatic carbocycles. The van der Waals surface area contributed by atoms with Gasteiger partial charge in [-0.3, -0.25) is 0 Å². The van der Waals surface area contributed by atoms with Crippen LogP contribution in [-0.4, -0.2) is 5.75 Å². The maximum atomic E-state index is 8.41. The minimum atomic E-state index is 0.296. The lowest BCUT2D eigenvalue weighted by molar-refractivity contribution is 0.586. The Morgan fingerprint density at radius 1 is 1.12 bits per heavy atom. The van der Waals surface area contributed by atoms with Crippen LogP contribution in [0.4, 0.5) is 0 Å². The Balaban J connectivity index is 3.08. The first kappa shape index (κ1) is 15.9. The summed E-state index contributed by atoms with van der Waals surface area (Å²) < 4.78 is 0. The van der Waals surface area contributed by atoms with Crippen molar-refractivity contribution in [3.05, 3.63) is 10.4 Å². The van der Waals surface area contributed by atoms with Crippen LogP contribution >= 0.6 is 23.4 Å². The molecule has 0 aliphatic rings. The van der Waals surface area contributed by atoms with E-state index in [9.17, 15) is 0 Å². The second kappa shape index (κ2) is 12.9. The normalized spacial score (nSPS) is 11.4. The molecular formula is C13H22ClNS. The molecule has 0 amide bonds. The van der Waals surface area contributed by atoms with Crippen molar-refractivity contribution in [1.82, 2.24) is 0 Å². The van der Waals surface area contributed by atoms with Gasteiger partial charge in [0.25, 0.3) is 0 Å². The number of unbranched alkanes of at least 4 members (excludes halogenated alkanes) is 7. The second-order valence-corrected chi connectivity index (χ2v) is 5.31. The number of nitrogens with zero attached hydrogens (tertiary/aromatic N) is 1. The van der Waals surface area contributed by atoms with E-state index >= 15 is 0 Å². The minimum absolute atomic E-state index is 0.296. The highest BCUT2D eigenvalue weighted by molar-refractivity contribution is 8.02. The van der Waals surface area contributed by atoms with Crippen molar-refractivity contribution in [2.75, 3.05) is 5.75 Å². The molecule has 92 valence electrons. The maximum Gasteiger partial charge on any atom is 0.124 e. The van der Waals surface area contributed by atoms with Crippen molar-refractivity contribution in [2.45, 2.75) is 58.3 Å². The van der Waals surface area contributed by atoms with Crippen molar-refractivity contribution in [3.63, 3.8) is 0 Å². The lowest BCUT2D eigenvalue weighted by Gasteiger charge is -2.00. The SMILES string of the molecule is CCCCCCCCCCS/C=C(\Cl)C#N. The van der Waals surface area contributed by atoms with E-state index in [0.717, 1.165) is 5.75 Å². The van der Waals surface area contributed by atoms with Crippen LogP contribution in [0.3, 0.4) is 0 Å². The fourth-order valence-electron chi connectivity index (χ4n) is 1.48. The first-order chi connectivity index (χ1) is 7.81. The fourth-order valence-corrected chi connectivity index (χ4v) is 2.35. The summed E-state index contributed by atoms with van der Waals surface area (Å²) in [4.78, 5) is 0. The molecule has 3 heteroatoms. The lowest BCUT2D eigenvalue weighted by atomic mass is 10.1. The van der Waals surface area contributed by atoms with Crippen LogP contribution in [0.1, 0.15) is 58.3 Å². The van der Waals surface area contributed by atoms with Crippen LogP contribution in [0.2, 0.25) is 0 Å². The Hall–Kier alpha value is -0.130. The molecule has 0 aromatic rings. The molecule has 0 radical (unpaired) electrons. The van der Waals surface area contributed by atoms with E-state index in [2.05, 4.69) is 6.92 Å². The van der Waals surface area contributed by atoms with Crippen molar-refractivity contribution < 1.29 is 0 Å². The van der Waals surface area contributed by atoms with Gasteiger partial charge in [-0.15, -0.1) is 11.8 Å². The van der Waals surface area contributed by atoms with Gasteiger partial charge in [0.15, 0.2) is 0 Å². The van der Waals surface area contributed by atoms with Crippen molar-refractivity contribution in [2.24, 2.45) is 0 Å². The van der Waals surface area contributed by atoms with Crippen LogP contribution in [0.25, 0.3) is 0 Å². The first-order valence-electron chi connectivity index (χ1n) is 6.18. The van der Waals surface area contributed by atoms with Crippen molar-refractivity contribution in [1.29, 1.82) is 5.26 Å². The van der Waals surface area contributed by atoms with Gasteiger partial charge in [0.2, 0.25) is 0 Å². The topological polar surface area (TPSA) is 23.8 Å².